The molecule has 0 N–H and O–H groups in total. The highest BCUT2D eigenvalue weighted by molar-refractivity contribution is 5.92. The van der Waals surface area contributed by atoms with E-state index in [1.807, 2.05) is 18.2 Å². The van der Waals surface area contributed by atoms with Crippen LogP contribution >= 0.6 is 0 Å². The van der Waals surface area contributed by atoms with Gasteiger partial charge in [0.05, 0.1) is 33.0 Å². The molecule has 1 aromatic rings. The van der Waals surface area contributed by atoms with Gasteiger partial charge in [-0.3, -0.25) is 0 Å². The van der Waals surface area contributed by atoms with E-state index in [4.69, 9.17) is 18.9 Å². The fourth-order valence-corrected chi connectivity index (χ4v) is 2.61. The summed E-state index contributed by atoms with van der Waals surface area (Å²) in [6.45, 7) is 0.934. The summed E-state index contributed by atoms with van der Waals surface area (Å²) in [4.78, 5) is 11.9. The minimum Gasteiger partial charge on any atom is -0.493 e. The molecule has 0 aromatic heterocycles. The zero-order valence-electron chi connectivity index (χ0n) is 11.5. The number of ether oxygens (including phenoxy) is 4. The third-order valence-corrected chi connectivity index (χ3v) is 3.63. The second-order valence-corrected chi connectivity index (χ2v) is 4.71. The van der Waals surface area contributed by atoms with Crippen molar-refractivity contribution >= 4 is 5.97 Å². The van der Waals surface area contributed by atoms with E-state index >= 15 is 0 Å². The highest BCUT2D eigenvalue weighted by Gasteiger charge is 2.36. The van der Waals surface area contributed by atoms with E-state index in [-0.39, 0.29) is 12.1 Å². The molecule has 20 heavy (non-hydrogen) atoms. The van der Waals surface area contributed by atoms with E-state index in [9.17, 15) is 4.79 Å². The zero-order chi connectivity index (χ0) is 14.1. The minimum absolute atomic E-state index is 0.275. The summed E-state index contributed by atoms with van der Waals surface area (Å²) in [5.41, 5.74) is 2.55. The Balaban J connectivity index is 1.97. The molecule has 2 aliphatic heterocycles. The molecule has 2 aliphatic rings. The second-order valence-electron chi connectivity index (χ2n) is 4.71. The van der Waals surface area contributed by atoms with Crippen molar-refractivity contribution in [2.75, 3.05) is 27.4 Å². The van der Waals surface area contributed by atoms with Gasteiger partial charge >= 0.3 is 5.97 Å². The molecule has 0 fully saturated rings. The van der Waals surface area contributed by atoms with Crippen LogP contribution in [0.5, 0.6) is 11.5 Å². The maximum atomic E-state index is 11.9. The number of hydrogen-bond donors (Lipinski definition) is 0. The lowest BCUT2D eigenvalue weighted by atomic mass is 9.96. The largest absolute Gasteiger partial charge is 0.493 e. The number of esters is 1. The molecule has 0 saturated carbocycles. The topological polar surface area (TPSA) is 54.0 Å². The Morgan fingerprint density at radius 3 is 2.75 bits per heavy atom. The Hall–Kier alpha value is -2.01. The van der Waals surface area contributed by atoms with Crippen LogP contribution in [0, 0.1) is 0 Å². The second kappa shape index (κ2) is 5.17. The van der Waals surface area contributed by atoms with Gasteiger partial charge in [0.1, 0.15) is 6.10 Å². The predicted octanol–water partition coefficient (Wildman–Crippen LogP) is 2.02. The Kier molecular flexibility index (Phi) is 3.36. The molecule has 1 aromatic carbocycles. The van der Waals surface area contributed by atoms with Crippen molar-refractivity contribution in [3.63, 3.8) is 0 Å². The first-order valence-corrected chi connectivity index (χ1v) is 6.47. The smallest absolute Gasteiger partial charge is 0.337 e. The van der Waals surface area contributed by atoms with Gasteiger partial charge in [0.15, 0.2) is 11.5 Å². The Morgan fingerprint density at radius 1 is 1.20 bits per heavy atom. The molecule has 1 unspecified atom stereocenters. The van der Waals surface area contributed by atoms with E-state index in [1.165, 1.54) is 0 Å². The fourth-order valence-electron chi connectivity index (χ4n) is 2.61. The Morgan fingerprint density at radius 2 is 2.00 bits per heavy atom. The standard InChI is InChI=1S/C15H16O5/c1-17-11-4-3-9(7-12(11)18-2)14-13-10(8-20-14)5-6-19-15(13)16/h3-4,7,14H,5-6,8H2,1-2H3. The number of carbonyl (C=O) groups excluding carboxylic acids is 1. The molecule has 0 amide bonds. The summed E-state index contributed by atoms with van der Waals surface area (Å²) in [6.07, 6.45) is 0.378. The number of benzene rings is 1. The van der Waals surface area contributed by atoms with Gasteiger partial charge in [0.25, 0.3) is 0 Å². The van der Waals surface area contributed by atoms with Gasteiger partial charge in [-0.1, -0.05) is 6.07 Å². The van der Waals surface area contributed by atoms with E-state index in [0.717, 1.165) is 17.6 Å². The fraction of sp³-hybridized carbons (Fsp3) is 0.400. The summed E-state index contributed by atoms with van der Waals surface area (Å²) in [5, 5.41) is 0. The summed E-state index contributed by atoms with van der Waals surface area (Å²) in [5.74, 6) is 0.991. The lowest BCUT2D eigenvalue weighted by Gasteiger charge is -2.18. The van der Waals surface area contributed by atoms with Crippen LogP contribution in [0.4, 0.5) is 0 Å². The van der Waals surface area contributed by atoms with Crippen molar-refractivity contribution in [2.45, 2.75) is 12.5 Å². The number of methoxy groups -OCH3 is 2. The first-order valence-electron chi connectivity index (χ1n) is 6.47. The van der Waals surface area contributed by atoms with Gasteiger partial charge in [-0.25, -0.2) is 4.79 Å². The molecule has 0 bridgehead atoms. The van der Waals surface area contributed by atoms with Crippen molar-refractivity contribution in [1.29, 1.82) is 0 Å². The van der Waals surface area contributed by atoms with Crippen LogP contribution < -0.4 is 9.47 Å². The highest BCUT2D eigenvalue weighted by atomic mass is 16.5. The SMILES string of the molecule is COc1ccc(C2OCC3=C2C(=O)OCC3)cc1OC. The van der Waals surface area contributed by atoms with Crippen LogP contribution in [-0.4, -0.2) is 33.4 Å². The maximum Gasteiger partial charge on any atom is 0.337 e. The molecule has 0 saturated heterocycles. The summed E-state index contributed by atoms with van der Waals surface area (Å²) >= 11 is 0. The van der Waals surface area contributed by atoms with Gasteiger partial charge < -0.3 is 18.9 Å². The zero-order valence-corrected chi connectivity index (χ0v) is 11.5. The molecule has 0 aliphatic carbocycles. The van der Waals surface area contributed by atoms with E-state index in [0.29, 0.717) is 30.3 Å². The summed E-state index contributed by atoms with van der Waals surface area (Å²) in [7, 11) is 3.17. The average molecular weight is 276 g/mol. The van der Waals surface area contributed by atoms with Crippen molar-refractivity contribution in [2.24, 2.45) is 0 Å². The third kappa shape index (κ3) is 2.04. The van der Waals surface area contributed by atoms with Crippen LogP contribution in [-0.2, 0) is 14.3 Å². The number of hydrogen-bond acceptors (Lipinski definition) is 5. The maximum absolute atomic E-state index is 11.9. The molecular formula is C15H16O5. The molecule has 1 atom stereocenters. The predicted molar refractivity (Wildman–Crippen MR) is 70.8 cm³/mol. The third-order valence-electron chi connectivity index (χ3n) is 3.63. The highest BCUT2D eigenvalue weighted by Crippen LogP contribution is 2.40. The molecule has 106 valence electrons. The van der Waals surface area contributed by atoms with Gasteiger partial charge in [-0.15, -0.1) is 0 Å². The van der Waals surface area contributed by atoms with Crippen molar-refractivity contribution in [3.8, 4) is 11.5 Å². The molecule has 5 nitrogen and oxygen atoms in total. The summed E-state index contributed by atoms with van der Waals surface area (Å²) in [6, 6.07) is 5.52. The quantitative estimate of drug-likeness (QED) is 0.791. The van der Waals surface area contributed by atoms with Crippen LogP contribution in [0.2, 0.25) is 0 Å². The Labute approximate surface area is 117 Å². The molecule has 2 heterocycles. The molecule has 3 rings (SSSR count). The number of carbonyl (C=O) groups is 1. The van der Waals surface area contributed by atoms with E-state index in [1.54, 1.807) is 14.2 Å². The van der Waals surface area contributed by atoms with Gasteiger partial charge in [-0.2, -0.15) is 0 Å². The summed E-state index contributed by atoms with van der Waals surface area (Å²) < 4.78 is 21.4. The molecule has 0 spiro atoms. The van der Waals surface area contributed by atoms with Gasteiger partial charge in [-0.05, 0) is 23.3 Å². The average Bonchev–Trinajstić information content (AvgIpc) is 2.92. The van der Waals surface area contributed by atoms with Crippen molar-refractivity contribution in [3.05, 3.63) is 34.9 Å². The van der Waals surface area contributed by atoms with E-state index in [2.05, 4.69) is 0 Å². The van der Waals surface area contributed by atoms with Crippen molar-refractivity contribution in [1.82, 2.24) is 0 Å². The number of rotatable bonds is 3. The molecule has 0 radical (unpaired) electrons. The molecular weight excluding hydrogens is 260 g/mol. The van der Waals surface area contributed by atoms with Crippen LogP contribution in [0.3, 0.4) is 0 Å². The van der Waals surface area contributed by atoms with Gasteiger partial charge in [0, 0.05) is 6.42 Å². The van der Waals surface area contributed by atoms with Crippen LogP contribution in [0.25, 0.3) is 0 Å². The lowest BCUT2D eigenvalue weighted by molar-refractivity contribution is -0.140. The lowest BCUT2D eigenvalue weighted by Crippen LogP contribution is -2.18. The van der Waals surface area contributed by atoms with E-state index < -0.39 is 0 Å². The Bertz CT molecular complexity index is 576. The minimum atomic E-state index is -0.377. The first kappa shape index (κ1) is 13.0. The molecule has 5 heteroatoms. The van der Waals surface area contributed by atoms with Crippen LogP contribution in [0.15, 0.2) is 29.3 Å². The monoisotopic (exact) mass is 276 g/mol. The van der Waals surface area contributed by atoms with Crippen LogP contribution in [0.1, 0.15) is 18.1 Å². The first-order chi connectivity index (χ1) is 9.74. The number of cyclic esters (lactones) is 1. The van der Waals surface area contributed by atoms with Crippen molar-refractivity contribution < 1.29 is 23.7 Å². The normalized spacial score (nSPS) is 21.5. The van der Waals surface area contributed by atoms with Gasteiger partial charge in [0.2, 0.25) is 0 Å².